The number of rotatable bonds is 4. The maximum Gasteiger partial charge on any atom is 0.237 e. The van der Waals surface area contributed by atoms with Crippen LogP contribution in [0.4, 0.5) is 0 Å². The molecule has 1 fully saturated rings. The lowest BCUT2D eigenvalue weighted by Gasteiger charge is -2.31. The summed E-state index contributed by atoms with van der Waals surface area (Å²) in [6.07, 6.45) is 0. The summed E-state index contributed by atoms with van der Waals surface area (Å²) in [5, 5.41) is 11.6. The molecule has 0 spiro atoms. The molecule has 1 aliphatic heterocycles. The van der Waals surface area contributed by atoms with Gasteiger partial charge in [-0.1, -0.05) is 0 Å². The first-order valence-electron chi connectivity index (χ1n) is 5.38. The average molecular weight is 232 g/mol. The summed E-state index contributed by atoms with van der Waals surface area (Å²) >= 11 is 1.93. The molecule has 0 bridgehead atoms. The van der Waals surface area contributed by atoms with Gasteiger partial charge in [-0.05, 0) is 13.8 Å². The quantitative estimate of drug-likeness (QED) is 0.712. The van der Waals surface area contributed by atoms with Crippen LogP contribution in [0.1, 0.15) is 13.8 Å². The van der Waals surface area contributed by atoms with Crippen LogP contribution < -0.4 is 5.32 Å². The molecule has 1 heterocycles. The molecule has 88 valence electrons. The van der Waals surface area contributed by atoms with E-state index >= 15 is 0 Å². The molecular weight excluding hydrogens is 212 g/mol. The number of hydrogen-bond acceptors (Lipinski definition) is 4. The van der Waals surface area contributed by atoms with Gasteiger partial charge in [0, 0.05) is 30.6 Å². The maximum atomic E-state index is 11.7. The van der Waals surface area contributed by atoms with Crippen LogP contribution in [0, 0.1) is 0 Å². The molecular formula is C10H20N2O2S. The molecule has 0 aromatic carbocycles. The molecule has 5 heteroatoms. The van der Waals surface area contributed by atoms with Crippen molar-refractivity contribution in [2.45, 2.75) is 25.9 Å². The monoisotopic (exact) mass is 232 g/mol. The minimum absolute atomic E-state index is 0.00564. The van der Waals surface area contributed by atoms with Crippen molar-refractivity contribution in [2.75, 3.05) is 31.2 Å². The Labute approximate surface area is 95.4 Å². The van der Waals surface area contributed by atoms with E-state index in [1.165, 1.54) is 0 Å². The third-order valence-corrected chi connectivity index (χ3v) is 3.58. The highest BCUT2D eigenvalue weighted by molar-refractivity contribution is 7.99. The normalized spacial score (nSPS) is 22.1. The largest absolute Gasteiger partial charge is 0.394 e. The number of nitrogens with one attached hydrogen (secondary N) is 1. The summed E-state index contributed by atoms with van der Waals surface area (Å²) in [5.74, 6) is 2.23. The summed E-state index contributed by atoms with van der Waals surface area (Å²) in [6.45, 7) is 5.68. The van der Waals surface area contributed by atoms with Crippen molar-refractivity contribution in [3.8, 4) is 0 Å². The summed E-state index contributed by atoms with van der Waals surface area (Å²) < 4.78 is 0. The molecule has 0 aromatic rings. The highest BCUT2D eigenvalue weighted by atomic mass is 32.2. The zero-order valence-electron chi connectivity index (χ0n) is 9.40. The standard InChI is InChI=1S/C10H20N2O2S/c1-8(7-13)11-10(14)9(2)12-3-5-15-6-4-12/h8-9,13H,3-7H2,1-2H3,(H,11,14). The van der Waals surface area contributed by atoms with Crippen molar-refractivity contribution in [1.82, 2.24) is 10.2 Å². The van der Waals surface area contributed by atoms with E-state index in [-0.39, 0.29) is 24.6 Å². The van der Waals surface area contributed by atoms with E-state index in [2.05, 4.69) is 10.2 Å². The topological polar surface area (TPSA) is 52.6 Å². The second-order valence-electron chi connectivity index (χ2n) is 3.92. The molecule has 0 saturated carbocycles. The van der Waals surface area contributed by atoms with E-state index in [0.29, 0.717) is 0 Å². The summed E-state index contributed by atoms with van der Waals surface area (Å²) in [5.41, 5.74) is 0. The lowest BCUT2D eigenvalue weighted by molar-refractivity contribution is -0.126. The molecule has 0 aliphatic carbocycles. The molecule has 2 atom stereocenters. The minimum atomic E-state index is -0.154. The third kappa shape index (κ3) is 4.01. The van der Waals surface area contributed by atoms with E-state index in [1.807, 2.05) is 18.7 Å². The molecule has 0 aromatic heterocycles. The highest BCUT2D eigenvalue weighted by Crippen LogP contribution is 2.12. The van der Waals surface area contributed by atoms with Crippen LogP contribution in [0.25, 0.3) is 0 Å². The van der Waals surface area contributed by atoms with Crippen LogP contribution in [0.5, 0.6) is 0 Å². The summed E-state index contributed by atoms with van der Waals surface area (Å²) in [7, 11) is 0. The van der Waals surface area contributed by atoms with Gasteiger partial charge in [-0.3, -0.25) is 9.69 Å². The fourth-order valence-corrected chi connectivity index (χ4v) is 2.47. The first-order valence-corrected chi connectivity index (χ1v) is 6.53. The first-order chi connectivity index (χ1) is 7.15. The van der Waals surface area contributed by atoms with Crippen LogP contribution in [0.2, 0.25) is 0 Å². The number of aliphatic hydroxyl groups is 1. The Hall–Kier alpha value is -0.260. The van der Waals surface area contributed by atoms with Crippen molar-refractivity contribution in [3.05, 3.63) is 0 Å². The smallest absolute Gasteiger partial charge is 0.237 e. The van der Waals surface area contributed by atoms with Crippen LogP contribution in [0.15, 0.2) is 0 Å². The Morgan fingerprint density at radius 3 is 2.60 bits per heavy atom. The van der Waals surface area contributed by atoms with Gasteiger partial charge < -0.3 is 10.4 Å². The molecule has 2 N–H and O–H groups in total. The molecule has 0 radical (unpaired) electrons. The Balaban J connectivity index is 2.37. The zero-order valence-corrected chi connectivity index (χ0v) is 10.2. The molecule has 4 nitrogen and oxygen atoms in total. The van der Waals surface area contributed by atoms with Gasteiger partial charge in [0.25, 0.3) is 0 Å². The first kappa shape index (κ1) is 12.8. The number of thioether (sulfide) groups is 1. The number of amides is 1. The zero-order chi connectivity index (χ0) is 11.3. The van der Waals surface area contributed by atoms with Gasteiger partial charge >= 0.3 is 0 Å². The second-order valence-corrected chi connectivity index (χ2v) is 5.14. The summed E-state index contributed by atoms with van der Waals surface area (Å²) in [4.78, 5) is 13.9. The molecule has 1 amide bonds. The number of nitrogens with zero attached hydrogens (tertiary/aromatic N) is 1. The number of aliphatic hydroxyl groups excluding tert-OH is 1. The third-order valence-electron chi connectivity index (χ3n) is 2.64. The predicted molar refractivity (Wildman–Crippen MR) is 63.1 cm³/mol. The lowest BCUT2D eigenvalue weighted by Crippen LogP contribution is -2.50. The van der Waals surface area contributed by atoms with Crippen molar-refractivity contribution in [3.63, 3.8) is 0 Å². The van der Waals surface area contributed by atoms with Gasteiger partial charge in [-0.15, -0.1) is 0 Å². The molecule has 1 saturated heterocycles. The Bertz CT molecular complexity index is 208. The van der Waals surface area contributed by atoms with E-state index in [4.69, 9.17) is 5.11 Å². The number of carbonyl (C=O) groups excluding carboxylic acids is 1. The molecule has 1 aliphatic rings. The van der Waals surface area contributed by atoms with E-state index in [1.54, 1.807) is 6.92 Å². The van der Waals surface area contributed by atoms with Gasteiger partial charge in [-0.25, -0.2) is 0 Å². The van der Waals surface area contributed by atoms with Crippen molar-refractivity contribution >= 4 is 17.7 Å². The second kappa shape index (κ2) is 6.35. The maximum absolute atomic E-state index is 11.7. The predicted octanol–water partition coefficient (Wildman–Crippen LogP) is -0.0793. The average Bonchev–Trinajstić information content (AvgIpc) is 2.29. The lowest BCUT2D eigenvalue weighted by atomic mass is 10.2. The Kier molecular flexibility index (Phi) is 5.42. The summed E-state index contributed by atoms with van der Waals surface area (Å²) in [6, 6.07) is -0.237. The minimum Gasteiger partial charge on any atom is -0.394 e. The van der Waals surface area contributed by atoms with Crippen molar-refractivity contribution < 1.29 is 9.90 Å². The van der Waals surface area contributed by atoms with Gasteiger partial charge in [0.05, 0.1) is 12.6 Å². The fraction of sp³-hybridized carbons (Fsp3) is 0.900. The molecule has 2 unspecified atom stereocenters. The molecule has 1 rings (SSSR count). The van der Waals surface area contributed by atoms with Crippen LogP contribution >= 0.6 is 11.8 Å². The van der Waals surface area contributed by atoms with Crippen molar-refractivity contribution in [2.24, 2.45) is 0 Å². The Morgan fingerprint density at radius 2 is 2.07 bits per heavy atom. The van der Waals surface area contributed by atoms with Crippen molar-refractivity contribution in [1.29, 1.82) is 0 Å². The number of carbonyl (C=O) groups is 1. The Morgan fingerprint density at radius 1 is 1.47 bits per heavy atom. The SMILES string of the molecule is CC(CO)NC(=O)C(C)N1CCSCC1. The van der Waals surface area contributed by atoms with E-state index < -0.39 is 0 Å². The van der Waals surface area contributed by atoms with Gasteiger partial charge in [0.15, 0.2) is 0 Å². The van der Waals surface area contributed by atoms with Gasteiger partial charge in [0.1, 0.15) is 0 Å². The highest BCUT2D eigenvalue weighted by Gasteiger charge is 2.23. The number of hydrogen-bond donors (Lipinski definition) is 2. The van der Waals surface area contributed by atoms with Crippen LogP contribution in [-0.2, 0) is 4.79 Å². The van der Waals surface area contributed by atoms with E-state index in [0.717, 1.165) is 24.6 Å². The van der Waals surface area contributed by atoms with Crippen LogP contribution in [-0.4, -0.2) is 59.2 Å². The van der Waals surface area contributed by atoms with E-state index in [9.17, 15) is 4.79 Å². The van der Waals surface area contributed by atoms with Crippen LogP contribution in [0.3, 0.4) is 0 Å². The molecule has 15 heavy (non-hydrogen) atoms. The van der Waals surface area contributed by atoms with Gasteiger partial charge in [-0.2, -0.15) is 11.8 Å². The fourth-order valence-electron chi connectivity index (χ4n) is 1.54. The van der Waals surface area contributed by atoms with Gasteiger partial charge in [0.2, 0.25) is 5.91 Å².